The molecule has 1 aromatic rings. The Balaban J connectivity index is 0.000000423. The third kappa shape index (κ3) is 6.67. The van der Waals surface area contributed by atoms with Crippen LogP contribution >= 0.6 is 0 Å². The first-order chi connectivity index (χ1) is 14.4. The summed E-state index contributed by atoms with van der Waals surface area (Å²) in [5.74, 6) is -1.87. The number of amides is 2. The van der Waals surface area contributed by atoms with Gasteiger partial charge in [0.2, 0.25) is 11.8 Å². The quantitative estimate of drug-likeness (QED) is 0.756. The molecule has 2 aliphatic rings. The molecule has 172 valence electrons. The Morgan fingerprint density at radius 3 is 2.48 bits per heavy atom. The Morgan fingerprint density at radius 1 is 1.32 bits per heavy atom. The highest BCUT2D eigenvalue weighted by molar-refractivity contribution is 5.83. The van der Waals surface area contributed by atoms with Crippen LogP contribution in [-0.2, 0) is 20.9 Å². The fourth-order valence-electron chi connectivity index (χ4n) is 3.81. The molecule has 1 aliphatic carbocycles. The van der Waals surface area contributed by atoms with Crippen LogP contribution in [0.5, 0.6) is 0 Å². The molecule has 2 amide bonds. The highest BCUT2D eigenvalue weighted by Gasteiger charge is 2.61. The zero-order valence-corrected chi connectivity index (χ0v) is 17.9. The number of pyridine rings is 1. The van der Waals surface area contributed by atoms with E-state index in [1.54, 1.807) is 11.1 Å². The van der Waals surface area contributed by atoms with Gasteiger partial charge < -0.3 is 14.9 Å². The van der Waals surface area contributed by atoms with Crippen LogP contribution in [0.3, 0.4) is 0 Å². The van der Waals surface area contributed by atoms with Crippen molar-refractivity contribution in [3.8, 4) is 0 Å². The third-order valence-corrected chi connectivity index (χ3v) is 5.55. The number of halogens is 3. The van der Waals surface area contributed by atoms with Gasteiger partial charge in [-0.2, -0.15) is 13.2 Å². The minimum atomic E-state index is -5.08. The number of carbonyl (C=O) groups excluding carboxylic acids is 2. The summed E-state index contributed by atoms with van der Waals surface area (Å²) in [6, 6.07) is 5.76. The largest absolute Gasteiger partial charge is 0.490 e. The molecule has 2 unspecified atom stereocenters. The topological polar surface area (TPSA) is 90.8 Å². The molecular weight excluding hydrogens is 415 g/mol. The Morgan fingerprint density at radius 2 is 1.97 bits per heavy atom. The number of hydrogen-bond donors (Lipinski definition) is 1. The smallest absolute Gasteiger partial charge is 0.475 e. The van der Waals surface area contributed by atoms with Gasteiger partial charge in [-0.3, -0.25) is 14.6 Å². The predicted octanol–water partition coefficient (Wildman–Crippen LogP) is 2.96. The lowest BCUT2D eigenvalue weighted by atomic mass is 10.0. The van der Waals surface area contributed by atoms with Crippen LogP contribution in [0.4, 0.5) is 13.2 Å². The van der Waals surface area contributed by atoms with Gasteiger partial charge in [0, 0.05) is 44.1 Å². The minimum absolute atomic E-state index is 0.0437. The van der Waals surface area contributed by atoms with Crippen LogP contribution in [0.2, 0.25) is 0 Å². The Bertz CT molecular complexity index is 801. The molecule has 0 bridgehead atoms. The maximum atomic E-state index is 12.7. The number of alkyl halides is 3. The van der Waals surface area contributed by atoms with Crippen molar-refractivity contribution >= 4 is 17.8 Å². The highest BCUT2D eigenvalue weighted by atomic mass is 19.4. The summed E-state index contributed by atoms with van der Waals surface area (Å²) >= 11 is 0. The normalized spacial score (nSPS) is 22.2. The van der Waals surface area contributed by atoms with Gasteiger partial charge in [-0.1, -0.05) is 19.9 Å². The number of nitrogens with zero attached hydrogens (tertiary/aromatic N) is 3. The average molecular weight is 443 g/mol. The van der Waals surface area contributed by atoms with Crippen molar-refractivity contribution in [3.63, 3.8) is 0 Å². The van der Waals surface area contributed by atoms with Gasteiger partial charge in [0.25, 0.3) is 0 Å². The van der Waals surface area contributed by atoms with Crippen LogP contribution in [-0.4, -0.2) is 64.0 Å². The SMILES string of the molecule is CC(C)CC(=O)N1CCC2(CC2C(=O)N(C)Cc2ccccn2)C1.O=C(O)C(F)(F)F. The van der Waals surface area contributed by atoms with E-state index < -0.39 is 12.1 Å². The summed E-state index contributed by atoms with van der Waals surface area (Å²) in [6.45, 7) is 6.24. The van der Waals surface area contributed by atoms with Crippen molar-refractivity contribution in [2.45, 2.75) is 45.8 Å². The number of carboxylic acids is 1. The van der Waals surface area contributed by atoms with E-state index in [2.05, 4.69) is 18.8 Å². The van der Waals surface area contributed by atoms with Crippen LogP contribution in [0, 0.1) is 17.3 Å². The van der Waals surface area contributed by atoms with E-state index in [0.717, 1.165) is 31.6 Å². The summed E-state index contributed by atoms with van der Waals surface area (Å²) in [7, 11) is 1.85. The van der Waals surface area contributed by atoms with Crippen molar-refractivity contribution in [2.24, 2.45) is 17.3 Å². The molecule has 1 saturated heterocycles. The summed E-state index contributed by atoms with van der Waals surface area (Å²) in [5, 5.41) is 7.12. The molecular formula is C21H28F3N3O4. The van der Waals surface area contributed by atoms with Gasteiger partial charge in [-0.25, -0.2) is 4.79 Å². The fraction of sp³-hybridized carbons (Fsp3) is 0.619. The molecule has 1 N–H and O–H groups in total. The van der Waals surface area contributed by atoms with Crippen molar-refractivity contribution in [1.82, 2.24) is 14.8 Å². The van der Waals surface area contributed by atoms with Crippen molar-refractivity contribution < 1.29 is 32.7 Å². The molecule has 1 aromatic heterocycles. The van der Waals surface area contributed by atoms with Crippen LogP contribution in [0.25, 0.3) is 0 Å². The first kappa shape index (κ1) is 24.6. The first-order valence-electron chi connectivity index (χ1n) is 10.1. The van der Waals surface area contributed by atoms with Gasteiger partial charge in [-0.05, 0) is 30.9 Å². The van der Waals surface area contributed by atoms with Crippen LogP contribution in [0.1, 0.15) is 38.8 Å². The lowest BCUT2D eigenvalue weighted by Crippen LogP contribution is -2.32. The van der Waals surface area contributed by atoms with Crippen LogP contribution in [0.15, 0.2) is 24.4 Å². The molecule has 2 heterocycles. The number of aliphatic carboxylic acids is 1. The van der Waals surface area contributed by atoms with Gasteiger partial charge in [0.1, 0.15) is 0 Å². The van der Waals surface area contributed by atoms with E-state index >= 15 is 0 Å². The lowest BCUT2D eigenvalue weighted by molar-refractivity contribution is -0.192. The summed E-state index contributed by atoms with van der Waals surface area (Å²) < 4.78 is 31.7. The highest BCUT2D eigenvalue weighted by Crippen LogP contribution is 2.59. The average Bonchev–Trinajstić information content (AvgIpc) is 3.19. The van der Waals surface area contributed by atoms with Gasteiger partial charge in [0.15, 0.2) is 0 Å². The Hall–Kier alpha value is -2.65. The number of hydrogen-bond acceptors (Lipinski definition) is 4. The van der Waals surface area contributed by atoms with E-state index in [4.69, 9.17) is 9.90 Å². The monoisotopic (exact) mass is 443 g/mol. The first-order valence-corrected chi connectivity index (χ1v) is 10.1. The second-order valence-corrected chi connectivity index (χ2v) is 8.60. The van der Waals surface area contributed by atoms with Crippen molar-refractivity contribution in [3.05, 3.63) is 30.1 Å². The Kier molecular flexibility index (Phi) is 7.67. The second-order valence-electron chi connectivity index (χ2n) is 8.60. The Labute approximate surface area is 179 Å². The molecule has 10 heteroatoms. The molecule has 0 radical (unpaired) electrons. The maximum absolute atomic E-state index is 12.7. The molecule has 0 aromatic carbocycles. The molecule has 1 spiro atoms. The molecule has 2 atom stereocenters. The van der Waals surface area contributed by atoms with Crippen molar-refractivity contribution in [1.29, 1.82) is 0 Å². The number of likely N-dealkylation sites (tertiary alicyclic amines) is 1. The van der Waals surface area contributed by atoms with Gasteiger partial charge >= 0.3 is 12.1 Å². The van der Waals surface area contributed by atoms with Gasteiger partial charge in [0.05, 0.1) is 12.2 Å². The fourth-order valence-corrected chi connectivity index (χ4v) is 3.81. The molecule has 1 saturated carbocycles. The standard InChI is InChI=1S/C19H27N3O2.C2HF3O2/c1-14(2)10-17(23)22-9-7-19(13-22)11-16(19)18(24)21(3)12-15-6-4-5-8-20-15;3-2(4,5)1(6)7/h4-6,8,14,16H,7,9-13H2,1-3H3;(H,6,7). The molecule has 7 nitrogen and oxygen atoms in total. The predicted molar refractivity (Wildman–Crippen MR) is 106 cm³/mol. The third-order valence-electron chi connectivity index (χ3n) is 5.55. The van der Waals surface area contributed by atoms with E-state index in [9.17, 15) is 22.8 Å². The zero-order valence-electron chi connectivity index (χ0n) is 17.9. The number of carboxylic acid groups (broad SMARTS) is 1. The summed E-state index contributed by atoms with van der Waals surface area (Å²) in [4.78, 5) is 41.9. The second kappa shape index (κ2) is 9.65. The van der Waals surface area contributed by atoms with Crippen LogP contribution < -0.4 is 0 Å². The molecule has 2 fully saturated rings. The lowest BCUT2D eigenvalue weighted by Gasteiger charge is -2.20. The number of aromatic nitrogens is 1. The molecule has 31 heavy (non-hydrogen) atoms. The summed E-state index contributed by atoms with van der Waals surface area (Å²) in [5.41, 5.74) is 0.949. The van der Waals surface area contributed by atoms with E-state index in [0.29, 0.717) is 18.9 Å². The molecule has 1 aliphatic heterocycles. The number of carbonyl (C=O) groups is 3. The molecule has 3 rings (SSSR count). The van der Waals surface area contributed by atoms with E-state index in [-0.39, 0.29) is 23.1 Å². The minimum Gasteiger partial charge on any atom is -0.475 e. The van der Waals surface area contributed by atoms with E-state index in [1.807, 2.05) is 30.1 Å². The number of rotatable bonds is 5. The summed E-state index contributed by atoms with van der Waals surface area (Å²) in [6.07, 6.45) is -0.843. The van der Waals surface area contributed by atoms with Crippen molar-refractivity contribution in [2.75, 3.05) is 20.1 Å². The van der Waals surface area contributed by atoms with E-state index in [1.165, 1.54) is 0 Å². The van der Waals surface area contributed by atoms with Gasteiger partial charge in [-0.15, -0.1) is 0 Å². The zero-order chi connectivity index (χ0) is 23.4. The maximum Gasteiger partial charge on any atom is 0.490 e.